The number of aliphatic hydroxyl groups is 1. The van der Waals surface area contributed by atoms with Crippen molar-refractivity contribution in [2.45, 2.75) is 31.8 Å². The van der Waals surface area contributed by atoms with Crippen molar-refractivity contribution in [2.24, 2.45) is 0 Å². The van der Waals surface area contributed by atoms with Crippen LogP contribution < -0.4 is 4.74 Å². The van der Waals surface area contributed by atoms with Gasteiger partial charge in [-0.05, 0) is 57.1 Å². The fourth-order valence-corrected chi connectivity index (χ4v) is 2.41. The van der Waals surface area contributed by atoms with Gasteiger partial charge in [0, 0.05) is 6.54 Å². The van der Waals surface area contributed by atoms with Gasteiger partial charge in [0.25, 0.3) is 0 Å². The molecule has 19 heavy (non-hydrogen) atoms. The van der Waals surface area contributed by atoms with Gasteiger partial charge in [-0.3, -0.25) is 0 Å². The highest BCUT2D eigenvalue weighted by Crippen LogP contribution is 2.16. The first kappa shape index (κ1) is 14.3. The molecular formula is C15H22FNO2. The standard InChI is InChI=1S/C15H22FNO2/c1-15(18,11-17-9-3-2-4-10-17)12-19-14-7-5-13(16)6-8-14/h5-8,18H,2-4,9-12H2,1H3. The molecule has 1 saturated heterocycles. The van der Waals surface area contributed by atoms with Gasteiger partial charge < -0.3 is 14.7 Å². The van der Waals surface area contributed by atoms with Gasteiger partial charge in [0.15, 0.2) is 0 Å². The molecule has 1 atom stereocenters. The smallest absolute Gasteiger partial charge is 0.123 e. The second-order valence-corrected chi connectivity index (χ2v) is 5.58. The number of β-amino-alcohol motifs (C(OH)–C–C–N with tert-alkyl or cyclic N) is 1. The Balaban J connectivity index is 1.81. The topological polar surface area (TPSA) is 32.7 Å². The molecule has 1 heterocycles. The normalized spacial score (nSPS) is 19.9. The number of hydrogen-bond donors (Lipinski definition) is 1. The predicted molar refractivity (Wildman–Crippen MR) is 72.8 cm³/mol. The van der Waals surface area contributed by atoms with Crippen LogP contribution in [-0.2, 0) is 0 Å². The summed E-state index contributed by atoms with van der Waals surface area (Å²) in [6.45, 7) is 4.72. The van der Waals surface area contributed by atoms with Gasteiger partial charge in [0.2, 0.25) is 0 Å². The van der Waals surface area contributed by atoms with Crippen LogP contribution in [0.3, 0.4) is 0 Å². The summed E-state index contributed by atoms with van der Waals surface area (Å²) in [5, 5.41) is 10.3. The zero-order valence-corrected chi connectivity index (χ0v) is 11.4. The van der Waals surface area contributed by atoms with Crippen molar-refractivity contribution < 1.29 is 14.2 Å². The van der Waals surface area contributed by atoms with E-state index in [2.05, 4.69) is 4.90 Å². The number of nitrogens with zero attached hydrogens (tertiary/aromatic N) is 1. The van der Waals surface area contributed by atoms with Crippen LogP contribution in [-0.4, -0.2) is 41.8 Å². The van der Waals surface area contributed by atoms with E-state index in [0.717, 1.165) is 13.1 Å². The molecule has 106 valence electrons. The Bertz CT molecular complexity index is 386. The Morgan fingerprint density at radius 1 is 1.21 bits per heavy atom. The minimum Gasteiger partial charge on any atom is -0.491 e. The molecule has 3 nitrogen and oxygen atoms in total. The third kappa shape index (κ3) is 4.80. The van der Waals surface area contributed by atoms with E-state index in [0.29, 0.717) is 12.3 Å². The molecule has 2 rings (SSSR count). The molecule has 0 spiro atoms. The lowest BCUT2D eigenvalue weighted by atomic mass is 10.0. The summed E-state index contributed by atoms with van der Waals surface area (Å²) in [4.78, 5) is 2.28. The van der Waals surface area contributed by atoms with Crippen LogP contribution in [0.5, 0.6) is 5.75 Å². The number of piperidine rings is 1. The van der Waals surface area contributed by atoms with E-state index >= 15 is 0 Å². The first-order valence-corrected chi connectivity index (χ1v) is 6.88. The average molecular weight is 267 g/mol. The highest BCUT2D eigenvalue weighted by atomic mass is 19.1. The van der Waals surface area contributed by atoms with Crippen molar-refractivity contribution in [3.05, 3.63) is 30.1 Å². The van der Waals surface area contributed by atoms with Crippen molar-refractivity contribution in [3.63, 3.8) is 0 Å². The molecule has 1 aromatic rings. The van der Waals surface area contributed by atoms with Crippen molar-refractivity contribution >= 4 is 0 Å². The quantitative estimate of drug-likeness (QED) is 0.889. The molecule has 4 heteroatoms. The molecule has 1 aliphatic rings. The number of rotatable bonds is 5. The van der Waals surface area contributed by atoms with Crippen molar-refractivity contribution in [2.75, 3.05) is 26.2 Å². The van der Waals surface area contributed by atoms with Gasteiger partial charge in [-0.2, -0.15) is 0 Å². The number of benzene rings is 1. The second kappa shape index (κ2) is 6.35. The van der Waals surface area contributed by atoms with Crippen LogP contribution in [0.4, 0.5) is 4.39 Å². The van der Waals surface area contributed by atoms with E-state index in [1.54, 1.807) is 19.1 Å². The molecule has 1 fully saturated rings. The summed E-state index contributed by atoms with van der Waals surface area (Å²) in [6.07, 6.45) is 3.69. The van der Waals surface area contributed by atoms with Crippen LogP contribution >= 0.6 is 0 Å². The van der Waals surface area contributed by atoms with E-state index in [1.165, 1.54) is 31.4 Å². The third-order valence-corrected chi connectivity index (χ3v) is 3.38. The molecule has 1 unspecified atom stereocenters. The minimum atomic E-state index is -0.883. The highest BCUT2D eigenvalue weighted by molar-refractivity contribution is 5.22. The molecular weight excluding hydrogens is 245 g/mol. The molecule has 0 radical (unpaired) electrons. The zero-order valence-electron chi connectivity index (χ0n) is 11.4. The van der Waals surface area contributed by atoms with Gasteiger partial charge in [-0.15, -0.1) is 0 Å². The molecule has 1 N–H and O–H groups in total. The molecule has 0 amide bonds. The maximum atomic E-state index is 12.8. The SMILES string of the molecule is CC(O)(COc1ccc(F)cc1)CN1CCCCC1. The summed E-state index contributed by atoms with van der Waals surface area (Å²) in [7, 11) is 0. The van der Waals surface area contributed by atoms with Gasteiger partial charge in [0.05, 0.1) is 0 Å². The minimum absolute atomic E-state index is 0.217. The van der Waals surface area contributed by atoms with Crippen LogP contribution in [0.15, 0.2) is 24.3 Å². The summed E-state index contributed by atoms with van der Waals surface area (Å²) >= 11 is 0. The van der Waals surface area contributed by atoms with Gasteiger partial charge in [-0.25, -0.2) is 4.39 Å². The Morgan fingerprint density at radius 3 is 2.47 bits per heavy atom. The van der Waals surface area contributed by atoms with Crippen molar-refractivity contribution in [1.29, 1.82) is 0 Å². The Morgan fingerprint density at radius 2 is 1.84 bits per heavy atom. The summed E-state index contributed by atoms with van der Waals surface area (Å²) in [5.74, 6) is 0.299. The van der Waals surface area contributed by atoms with Crippen molar-refractivity contribution in [1.82, 2.24) is 4.90 Å². The molecule has 1 aromatic carbocycles. The maximum Gasteiger partial charge on any atom is 0.123 e. The molecule has 1 aliphatic heterocycles. The predicted octanol–water partition coefficient (Wildman–Crippen LogP) is 2.44. The Labute approximate surface area is 114 Å². The van der Waals surface area contributed by atoms with Crippen molar-refractivity contribution in [3.8, 4) is 5.75 Å². The van der Waals surface area contributed by atoms with Crippen LogP contribution in [0.1, 0.15) is 26.2 Å². The lowest BCUT2D eigenvalue weighted by Gasteiger charge is -2.33. The fourth-order valence-electron chi connectivity index (χ4n) is 2.41. The number of halogens is 1. The zero-order chi connectivity index (χ0) is 13.7. The molecule has 0 saturated carbocycles. The second-order valence-electron chi connectivity index (χ2n) is 5.58. The van der Waals surface area contributed by atoms with Crippen LogP contribution in [0, 0.1) is 5.82 Å². The summed E-state index contributed by atoms with van der Waals surface area (Å²) < 4.78 is 18.3. The summed E-state index contributed by atoms with van der Waals surface area (Å²) in [5.41, 5.74) is -0.883. The maximum absolute atomic E-state index is 12.8. The fraction of sp³-hybridized carbons (Fsp3) is 0.600. The van der Waals surface area contributed by atoms with E-state index in [4.69, 9.17) is 4.74 Å². The number of hydrogen-bond acceptors (Lipinski definition) is 3. The first-order valence-electron chi connectivity index (χ1n) is 6.88. The van der Waals surface area contributed by atoms with E-state index < -0.39 is 5.60 Å². The van der Waals surface area contributed by atoms with Gasteiger partial charge in [-0.1, -0.05) is 6.42 Å². The number of ether oxygens (including phenoxy) is 1. The largest absolute Gasteiger partial charge is 0.491 e. The first-order chi connectivity index (χ1) is 9.05. The van der Waals surface area contributed by atoms with Crippen LogP contribution in [0.25, 0.3) is 0 Å². The van der Waals surface area contributed by atoms with Gasteiger partial charge >= 0.3 is 0 Å². The molecule has 0 bridgehead atoms. The average Bonchev–Trinajstić information content (AvgIpc) is 2.39. The Hall–Kier alpha value is -1.13. The highest BCUT2D eigenvalue weighted by Gasteiger charge is 2.25. The summed E-state index contributed by atoms with van der Waals surface area (Å²) in [6, 6.07) is 5.86. The Kier molecular flexibility index (Phi) is 4.77. The molecule has 0 aromatic heterocycles. The van der Waals surface area contributed by atoms with E-state index in [9.17, 15) is 9.50 Å². The van der Waals surface area contributed by atoms with E-state index in [1.807, 2.05) is 0 Å². The van der Waals surface area contributed by atoms with E-state index in [-0.39, 0.29) is 12.4 Å². The van der Waals surface area contributed by atoms with Gasteiger partial charge in [0.1, 0.15) is 23.8 Å². The molecule has 0 aliphatic carbocycles. The lowest BCUT2D eigenvalue weighted by molar-refractivity contribution is -0.0210. The monoisotopic (exact) mass is 267 g/mol. The lowest BCUT2D eigenvalue weighted by Crippen LogP contribution is -2.46. The number of likely N-dealkylation sites (tertiary alicyclic amines) is 1. The third-order valence-electron chi connectivity index (χ3n) is 3.38. The van der Waals surface area contributed by atoms with Crippen LogP contribution in [0.2, 0.25) is 0 Å².